The van der Waals surface area contributed by atoms with E-state index in [2.05, 4.69) is 13.8 Å². The highest BCUT2D eigenvalue weighted by Crippen LogP contribution is 2.23. The Bertz CT molecular complexity index is 225. The van der Waals surface area contributed by atoms with Crippen LogP contribution in [-0.2, 0) is 9.59 Å². The highest BCUT2D eigenvalue weighted by Gasteiger charge is 2.30. The molecular weight excluding hydrogens is 170 g/mol. The van der Waals surface area contributed by atoms with E-state index in [4.69, 9.17) is 5.11 Å². The number of amides is 1. The van der Waals surface area contributed by atoms with E-state index in [9.17, 15) is 9.59 Å². The molecule has 1 fully saturated rings. The van der Waals surface area contributed by atoms with E-state index >= 15 is 0 Å². The Labute approximate surface area is 77.5 Å². The zero-order valence-electron chi connectivity index (χ0n) is 7.99. The minimum Gasteiger partial charge on any atom is -0.474 e. The fourth-order valence-corrected chi connectivity index (χ4v) is 1.65. The maximum Gasteiger partial charge on any atom is 0.394 e. The average molecular weight is 185 g/mol. The van der Waals surface area contributed by atoms with Crippen LogP contribution in [0.1, 0.15) is 20.3 Å². The molecule has 0 spiro atoms. The standard InChI is InChI=1S/C9H15NO3/c1-6(2)7-3-4-10(5-7)8(11)9(12)13/h6-7H,3-5H2,1-2H3,(H,12,13). The molecule has 1 amide bonds. The summed E-state index contributed by atoms with van der Waals surface area (Å²) in [5, 5.41) is 8.48. The van der Waals surface area contributed by atoms with Crippen LogP contribution < -0.4 is 0 Å². The second-order valence-electron chi connectivity index (χ2n) is 3.85. The summed E-state index contributed by atoms with van der Waals surface area (Å²) in [5.41, 5.74) is 0. The van der Waals surface area contributed by atoms with Gasteiger partial charge in [0.2, 0.25) is 0 Å². The molecular formula is C9H15NO3. The van der Waals surface area contributed by atoms with E-state index < -0.39 is 11.9 Å². The molecule has 1 rings (SSSR count). The molecule has 0 aromatic rings. The number of carboxylic acid groups (broad SMARTS) is 1. The minimum absolute atomic E-state index is 0.461. The summed E-state index contributed by atoms with van der Waals surface area (Å²) in [6, 6.07) is 0. The molecule has 0 radical (unpaired) electrons. The highest BCUT2D eigenvalue weighted by molar-refractivity contribution is 6.31. The van der Waals surface area contributed by atoms with Crippen molar-refractivity contribution in [2.45, 2.75) is 20.3 Å². The number of hydrogen-bond donors (Lipinski definition) is 1. The first-order chi connectivity index (χ1) is 6.02. The number of rotatable bonds is 1. The summed E-state index contributed by atoms with van der Waals surface area (Å²) < 4.78 is 0. The Kier molecular flexibility index (Phi) is 2.90. The number of aliphatic carboxylic acids is 1. The zero-order chi connectivity index (χ0) is 10.0. The largest absolute Gasteiger partial charge is 0.474 e. The van der Waals surface area contributed by atoms with Gasteiger partial charge in [-0.25, -0.2) is 4.79 Å². The molecule has 1 atom stereocenters. The summed E-state index contributed by atoms with van der Waals surface area (Å²) >= 11 is 0. The van der Waals surface area contributed by atoms with E-state index in [1.54, 1.807) is 0 Å². The van der Waals surface area contributed by atoms with Crippen molar-refractivity contribution < 1.29 is 14.7 Å². The van der Waals surface area contributed by atoms with Gasteiger partial charge in [0.25, 0.3) is 0 Å². The third-order valence-electron chi connectivity index (χ3n) is 2.64. The Hall–Kier alpha value is -1.06. The summed E-state index contributed by atoms with van der Waals surface area (Å²) in [6.07, 6.45) is 0.927. The molecule has 1 saturated heterocycles. The number of likely N-dealkylation sites (tertiary alicyclic amines) is 1. The molecule has 4 nitrogen and oxygen atoms in total. The molecule has 0 aromatic heterocycles. The van der Waals surface area contributed by atoms with E-state index in [0.717, 1.165) is 6.42 Å². The van der Waals surface area contributed by atoms with Crippen molar-refractivity contribution >= 4 is 11.9 Å². The van der Waals surface area contributed by atoms with Crippen LogP contribution in [0.4, 0.5) is 0 Å². The van der Waals surface area contributed by atoms with Crippen molar-refractivity contribution in [2.24, 2.45) is 11.8 Å². The molecule has 0 aromatic carbocycles. The molecule has 1 N–H and O–H groups in total. The first-order valence-electron chi connectivity index (χ1n) is 4.54. The van der Waals surface area contributed by atoms with Gasteiger partial charge in [0.15, 0.2) is 0 Å². The Balaban J connectivity index is 2.50. The second kappa shape index (κ2) is 3.77. The van der Waals surface area contributed by atoms with Crippen molar-refractivity contribution in [3.8, 4) is 0 Å². The number of carbonyl (C=O) groups is 2. The molecule has 1 heterocycles. The Morgan fingerprint density at radius 3 is 2.46 bits per heavy atom. The van der Waals surface area contributed by atoms with Crippen LogP contribution in [0.3, 0.4) is 0 Å². The summed E-state index contributed by atoms with van der Waals surface area (Å²) in [7, 11) is 0. The fraction of sp³-hybridized carbons (Fsp3) is 0.778. The molecule has 13 heavy (non-hydrogen) atoms. The second-order valence-corrected chi connectivity index (χ2v) is 3.85. The molecule has 0 bridgehead atoms. The van der Waals surface area contributed by atoms with Crippen molar-refractivity contribution in [3.05, 3.63) is 0 Å². The summed E-state index contributed by atoms with van der Waals surface area (Å²) in [6.45, 7) is 5.38. The zero-order valence-corrected chi connectivity index (χ0v) is 7.99. The van der Waals surface area contributed by atoms with Gasteiger partial charge >= 0.3 is 11.9 Å². The van der Waals surface area contributed by atoms with Crippen molar-refractivity contribution in [3.63, 3.8) is 0 Å². The monoisotopic (exact) mass is 185 g/mol. The highest BCUT2D eigenvalue weighted by atomic mass is 16.4. The van der Waals surface area contributed by atoms with Gasteiger partial charge in [-0.1, -0.05) is 13.8 Å². The third kappa shape index (κ3) is 2.20. The maximum absolute atomic E-state index is 11.0. The minimum atomic E-state index is -1.34. The molecule has 0 saturated carbocycles. The smallest absolute Gasteiger partial charge is 0.394 e. The van der Waals surface area contributed by atoms with E-state index in [-0.39, 0.29) is 0 Å². The van der Waals surface area contributed by atoms with Crippen LogP contribution in [0.25, 0.3) is 0 Å². The number of carboxylic acids is 1. The van der Waals surface area contributed by atoms with Crippen molar-refractivity contribution in [1.82, 2.24) is 4.90 Å². The summed E-state index contributed by atoms with van der Waals surface area (Å²) in [5.74, 6) is -1.12. The maximum atomic E-state index is 11.0. The van der Waals surface area contributed by atoms with Crippen LogP contribution in [-0.4, -0.2) is 35.0 Å². The lowest BCUT2D eigenvalue weighted by atomic mass is 9.95. The lowest BCUT2D eigenvalue weighted by Gasteiger charge is -2.15. The normalized spacial score (nSPS) is 22.4. The van der Waals surface area contributed by atoms with Gasteiger partial charge in [0.05, 0.1) is 0 Å². The third-order valence-corrected chi connectivity index (χ3v) is 2.64. The van der Waals surface area contributed by atoms with Crippen LogP contribution in [0.15, 0.2) is 0 Å². The van der Waals surface area contributed by atoms with Gasteiger partial charge in [0, 0.05) is 13.1 Å². The summed E-state index contributed by atoms with van der Waals surface area (Å²) in [4.78, 5) is 22.8. The first kappa shape index (κ1) is 10.0. The lowest BCUT2D eigenvalue weighted by Crippen LogP contribution is -2.34. The molecule has 1 unspecified atom stereocenters. The number of hydrogen-bond acceptors (Lipinski definition) is 2. The van der Waals surface area contributed by atoms with Crippen molar-refractivity contribution in [1.29, 1.82) is 0 Å². The molecule has 0 aliphatic carbocycles. The number of nitrogens with zero attached hydrogens (tertiary/aromatic N) is 1. The molecule has 74 valence electrons. The molecule has 1 aliphatic heterocycles. The Morgan fingerprint density at radius 1 is 1.46 bits per heavy atom. The van der Waals surface area contributed by atoms with Gasteiger partial charge < -0.3 is 10.0 Å². The Morgan fingerprint density at radius 2 is 2.08 bits per heavy atom. The molecule has 4 heteroatoms. The van der Waals surface area contributed by atoms with Gasteiger partial charge in [-0.3, -0.25) is 4.79 Å². The van der Waals surface area contributed by atoms with Crippen LogP contribution >= 0.6 is 0 Å². The topological polar surface area (TPSA) is 57.6 Å². The van der Waals surface area contributed by atoms with Gasteiger partial charge in [0.1, 0.15) is 0 Å². The fourth-order valence-electron chi connectivity index (χ4n) is 1.65. The van der Waals surface area contributed by atoms with Crippen LogP contribution in [0.2, 0.25) is 0 Å². The van der Waals surface area contributed by atoms with Gasteiger partial charge in [-0.05, 0) is 18.3 Å². The first-order valence-corrected chi connectivity index (χ1v) is 4.54. The quantitative estimate of drug-likeness (QED) is 0.608. The van der Waals surface area contributed by atoms with E-state index in [1.807, 2.05) is 0 Å². The SMILES string of the molecule is CC(C)C1CCN(C(=O)C(=O)O)C1. The average Bonchev–Trinajstić information content (AvgIpc) is 2.50. The molecule has 1 aliphatic rings. The predicted molar refractivity (Wildman–Crippen MR) is 47.2 cm³/mol. The lowest BCUT2D eigenvalue weighted by molar-refractivity contribution is -0.155. The van der Waals surface area contributed by atoms with E-state index in [0.29, 0.717) is 24.9 Å². The predicted octanol–water partition coefficient (Wildman–Crippen LogP) is 0.575. The van der Waals surface area contributed by atoms with Crippen molar-refractivity contribution in [2.75, 3.05) is 13.1 Å². The van der Waals surface area contributed by atoms with E-state index in [1.165, 1.54) is 4.90 Å². The van der Waals surface area contributed by atoms with Crippen LogP contribution in [0, 0.1) is 11.8 Å². The van der Waals surface area contributed by atoms with Gasteiger partial charge in [-0.15, -0.1) is 0 Å². The van der Waals surface area contributed by atoms with Crippen LogP contribution in [0.5, 0.6) is 0 Å². The number of carbonyl (C=O) groups excluding carboxylic acids is 1. The van der Waals surface area contributed by atoms with Gasteiger partial charge in [-0.2, -0.15) is 0 Å².